The quantitative estimate of drug-likeness (QED) is 0.662. The fourth-order valence-electron chi connectivity index (χ4n) is 2.55. The Morgan fingerprint density at radius 1 is 1.24 bits per heavy atom. The second-order valence-electron chi connectivity index (χ2n) is 5.97. The first kappa shape index (κ1) is 17.0. The minimum Gasteiger partial charge on any atom is -0.467 e. The summed E-state index contributed by atoms with van der Waals surface area (Å²) in [6.45, 7) is 3.99. The number of rotatable bonds is 8. The maximum atomic E-state index is 12.3. The molecule has 0 saturated heterocycles. The predicted octanol–water partition coefficient (Wildman–Crippen LogP) is 2.58. The van der Waals surface area contributed by atoms with E-state index in [0.717, 1.165) is 17.9 Å². The maximum Gasteiger partial charge on any atom is 0.251 e. The van der Waals surface area contributed by atoms with E-state index in [1.165, 1.54) is 0 Å². The zero-order valence-electron chi connectivity index (χ0n) is 14.2. The average molecular weight is 338 g/mol. The van der Waals surface area contributed by atoms with Crippen LogP contribution in [0.4, 0.5) is 0 Å². The van der Waals surface area contributed by atoms with Crippen molar-refractivity contribution in [2.45, 2.75) is 32.6 Å². The van der Waals surface area contributed by atoms with Gasteiger partial charge in [0.1, 0.15) is 5.76 Å². The van der Waals surface area contributed by atoms with E-state index in [9.17, 15) is 4.79 Å². The molecule has 0 aliphatic rings. The van der Waals surface area contributed by atoms with Gasteiger partial charge in [0.25, 0.3) is 5.91 Å². The van der Waals surface area contributed by atoms with Crippen molar-refractivity contribution in [2.24, 2.45) is 0 Å². The molecule has 0 aliphatic heterocycles. The van der Waals surface area contributed by atoms with Gasteiger partial charge in [-0.2, -0.15) is 5.10 Å². The SMILES string of the molecule is CC(Cn1cccn1)NCc1cccc(C(=O)NCc2ccco2)c1. The Labute approximate surface area is 146 Å². The number of nitrogens with zero attached hydrogens (tertiary/aromatic N) is 2. The third-order valence-corrected chi connectivity index (χ3v) is 3.87. The predicted molar refractivity (Wildman–Crippen MR) is 94.8 cm³/mol. The Hall–Kier alpha value is -2.86. The van der Waals surface area contributed by atoms with Crippen molar-refractivity contribution in [3.63, 3.8) is 0 Å². The van der Waals surface area contributed by atoms with Crippen molar-refractivity contribution >= 4 is 5.91 Å². The van der Waals surface area contributed by atoms with E-state index in [-0.39, 0.29) is 11.9 Å². The highest BCUT2D eigenvalue weighted by Gasteiger charge is 2.08. The molecule has 2 heterocycles. The van der Waals surface area contributed by atoms with Gasteiger partial charge in [-0.25, -0.2) is 0 Å². The Kier molecular flexibility index (Phi) is 5.64. The first-order valence-corrected chi connectivity index (χ1v) is 8.31. The van der Waals surface area contributed by atoms with Gasteiger partial charge in [-0.1, -0.05) is 12.1 Å². The molecule has 1 unspecified atom stereocenters. The van der Waals surface area contributed by atoms with Crippen LogP contribution in [0.3, 0.4) is 0 Å². The van der Waals surface area contributed by atoms with Crippen molar-refractivity contribution in [2.75, 3.05) is 0 Å². The molecule has 2 N–H and O–H groups in total. The van der Waals surface area contributed by atoms with Crippen molar-refractivity contribution in [1.82, 2.24) is 20.4 Å². The molecule has 0 fully saturated rings. The Morgan fingerprint density at radius 2 is 2.16 bits per heavy atom. The van der Waals surface area contributed by atoms with Gasteiger partial charge < -0.3 is 15.1 Å². The molecular formula is C19H22N4O2. The van der Waals surface area contributed by atoms with Gasteiger partial charge in [0.2, 0.25) is 0 Å². The lowest BCUT2D eigenvalue weighted by Crippen LogP contribution is -2.30. The molecule has 0 bridgehead atoms. The number of amides is 1. The third kappa shape index (κ3) is 5.06. The van der Waals surface area contributed by atoms with E-state index in [0.29, 0.717) is 18.7 Å². The largest absolute Gasteiger partial charge is 0.467 e. The molecule has 0 spiro atoms. The molecule has 1 aromatic carbocycles. The Morgan fingerprint density at radius 3 is 2.92 bits per heavy atom. The van der Waals surface area contributed by atoms with Crippen LogP contribution >= 0.6 is 0 Å². The number of hydrogen-bond acceptors (Lipinski definition) is 4. The average Bonchev–Trinajstić information content (AvgIpc) is 3.32. The van der Waals surface area contributed by atoms with Gasteiger partial charge in [0.15, 0.2) is 0 Å². The molecule has 25 heavy (non-hydrogen) atoms. The van der Waals surface area contributed by atoms with E-state index in [1.807, 2.05) is 47.3 Å². The van der Waals surface area contributed by atoms with Crippen LogP contribution < -0.4 is 10.6 Å². The van der Waals surface area contributed by atoms with E-state index in [2.05, 4.69) is 22.7 Å². The number of nitrogens with one attached hydrogen (secondary N) is 2. The van der Waals surface area contributed by atoms with Crippen LogP contribution in [0, 0.1) is 0 Å². The van der Waals surface area contributed by atoms with Gasteiger partial charge in [-0.05, 0) is 42.8 Å². The second kappa shape index (κ2) is 8.30. The molecule has 1 amide bonds. The highest BCUT2D eigenvalue weighted by atomic mass is 16.3. The smallest absolute Gasteiger partial charge is 0.251 e. The maximum absolute atomic E-state index is 12.3. The molecule has 2 aromatic heterocycles. The van der Waals surface area contributed by atoms with Gasteiger partial charge in [-0.15, -0.1) is 0 Å². The zero-order chi connectivity index (χ0) is 17.5. The summed E-state index contributed by atoms with van der Waals surface area (Å²) in [7, 11) is 0. The van der Waals surface area contributed by atoms with Crippen molar-refractivity contribution in [3.8, 4) is 0 Å². The minimum absolute atomic E-state index is 0.108. The monoisotopic (exact) mass is 338 g/mol. The molecule has 1 atom stereocenters. The third-order valence-electron chi connectivity index (χ3n) is 3.87. The van der Waals surface area contributed by atoms with Crippen molar-refractivity contribution in [1.29, 1.82) is 0 Å². The number of carbonyl (C=O) groups is 1. The summed E-state index contributed by atoms with van der Waals surface area (Å²) in [6, 6.07) is 13.5. The minimum atomic E-state index is -0.108. The first-order valence-electron chi connectivity index (χ1n) is 8.31. The normalized spacial score (nSPS) is 12.0. The fraction of sp³-hybridized carbons (Fsp3) is 0.263. The summed E-state index contributed by atoms with van der Waals surface area (Å²) >= 11 is 0. The number of hydrogen-bond donors (Lipinski definition) is 2. The highest BCUT2D eigenvalue weighted by molar-refractivity contribution is 5.94. The van der Waals surface area contributed by atoms with Crippen LogP contribution in [0.15, 0.2) is 65.5 Å². The molecule has 0 saturated carbocycles. The lowest BCUT2D eigenvalue weighted by Gasteiger charge is -2.14. The highest BCUT2D eigenvalue weighted by Crippen LogP contribution is 2.07. The summed E-state index contributed by atoms with van der Waals surface area (Å²) in [5.74, 6) is 0.626. The van der Waals surface area contributed by atoms with Crippen molar-refractivity contribution < 1.29 is 9.21 Å². The van der Waals surface area contributed by atoms with Gasteiger partial charge in [0.05, 0.1) is 19.4 Å². The summed E-state index contributed by atoms with van der Waals surface area (Å²) < 4.78 is 7.12. The summed E-state index contributed by atoms with van der Waals surface area (Å²) in [4.78, 5) is 12.3. The van der Waals surface area contributed by atoms with E-state index < -0.39 is 0 Å². The molecule has 0 aliphatic carbocycles. The molecule has 3 aromatic rings. The summed E-state index contributed by atoms with van der Waals surface area (Å²) in [5.41, 5.74) is 1.71. The lowest BCUT2D eigenvalue weighted by molar-refractivity contribution is 0.0948. The molecular weight excluding hydrogens is 316 g/mol. The zero-order valence-corrected chi connectivity index (χ0v) is 14.2. The second-order valence-corrected chi connectivity index (χ2v) is 5.97. The van der Waals surface area contributed by atoms with Crippen molar-refractivity contribution in [3.05, 3.63) is 78.0 Å². The molecule has 6 heteroatoms. The lowest BCUT2D eigenvalue weighted by atomic mass is 10.1. The van der Waals surface area contributed by atoms with Gasteiger partial charge in [-0.3, -0.25) is 9.48 Å². The molecule has 3 rings (SSSR count). The van der Waals surface area contributed by atoms with Crippen LogP contribution in [-0.4, -0.2) is 21.7 Å². The number of benzene rings is 1. The molecule has 130 valence electrons. The number of carbonyl (C=O) groups excluding carboxylic acids is 1. The van der Waals surface area contributed by atoms with Crippen LogP contribution in [-0.2, 0) is 19.6 Å². The van der Waals surface area contributed by atoms with Gasteiger partial charge in [0, 0.05) is 30.5 Å². The summed E-state index contributed by atoms with van der Waals surface area (Å²) in [5, 5.41) is 10.5. The van der Waals surface area contributed by atoms with Crippen LogP contribution in [0.2, 0.25) is 0 Å². The Bertz CT molecular complexity index is 782. The van der Waals surface area contributed by atoms with E-state index in [1.54, 1.807) is 18.5 Å². The molecule has 0 radical (unpaired) electrons. The van der Waals surface area contributed by atoms with Crippen LogP contribution in [0.5, 0.6) is 0 Å². The van der Waals surface area contributed by atoms with E-state index >= 15 is 0 Å². The fourth-order valence-corrected chi connectivity index (χ4v) is 2.55. The standard InChI is InChI=1S/C19H22N4O2/c1-15(14-23-9-4-8-22-23)20-12-16-5-2-6-17(11-16)19(24)21-13-18-7-3-10-25-18/h2-11,15,20H,12-14H2,1H3,(H,21,24). The van der Waals surface area contributed by atoms with E-state index in [4.69, 9.17) is 4.42 Å². The number of aromatic nitrogens is 2. The Balaban J connectivity index is 1.51. The number of furan rings is 1. The first-order chi connectivity index (χ1) is 12.2. The van der Waals surface area contributed by atoms with Gasteiger partial charge >= 0.3 is 0 Å². The molecule has 6 nitrogen and oxygen atoms in total. The summed E-state index contributed by atoms with van der Waals surface area (Å²) in [6.07, 6.45) is 5.32. The topological polar surface area (TPSA) is 72.1 Å². The van der Waals surface area contributed by atoms with Crippen LogP contribution in [0.1, 0.15) is 28.6 Å². The van der Waals surface area contributed by atoms with Crippen LogP contribution in [0.25, 0.3) is 0 Å².